The Morgan fingerprint density at radius 1 is 1.12 bits per heavy atom. The average molecular weight is 343 g/mol. The molecule has 0 radical (unpaired) electrons. The molecule has 0 N–H and O–H groups in total. The maximum Gasteiger partial charge on any atom is 0.310 e. The Bertz CT molecular complexity index is 741. The van der Waals surface area contributed by atoms with Crippen LogP contribution in [0.5, 0.6) is 0 Å². The number of carbonyl (C=O) groups is 2. The standard InChI is InChI=1S/C20H25NO4/c1-15-7-8-17-16(13-24-18(17)11-15)12-20(23)25-14-19(22)21-9-5-3-2-4-6-10-21/h7-8,11,13H,2-6,9-10,12,14H2,1H3. The van der Waals surface area contributed by atoms with E-state index in [1.165, 1.54) is 6.42 Å². The van der Waals surface area contributed by atoms with E-state index in [9.17, 15) is 9.59 Å². The van der Waals surface area contributed by atoms with Crippen molar-refractivity contribution >= 4 is 22.8 Å². The van der Waals surface area contributed by atoms with Crippen LogP contribution in [0.3, 0.4) is 0 Å². The fourth-order valence-electron chi connectivity index (χ4n) is 3.26. The number of ether oxygens (including phenoxy) is 1. The predicted octanol–water partition coefficient (Wildman–Crippen LogP) is 3.62. The molecule has 1 amide bonds. The summed E-state index contributed by atoms with van der Waals surface area (Å²) in [4.78, 5) is 26.2. The second-order valence-electron chi connectivity index (χ2n) is 6.75. The summed E-state index contributed by atoms with van der Waals surface area (Å²) in [6, 6.07) is 5.87. The molecule has 134 valence electrons. The quantitative estimate of drug-likeness (QED) is 0.796. The van der Waals surface area contributed by atoms with E-state index in [1.54, 1.807) is 6.26 Å². The Balaban J connectivity index is 1.52. The molecule has 1 aromatic heterocycles. The minimum absolute atomic E-state index is 0.0945. The van der Waals surface area contributed by atoms with Crippen LogP contribution in [-0.4, -0.2) is 36.5 Å². The van der Waals surface area contributed by atoms with Gasteiger partial charge >= 0.3 is 5.97 Å². The van der Waals surface area contributed by atoms with E-state index in [2.05, 4.69) is 0 Å². The van der Waals surface area contributed by atoms with Gasteiger partial charge in [-0.25, -0.2) is 0 Å². The summed E-state index contributed by atoms with van der Waals surface area (Å²) in [5.74, 6) is -0.494. The summed E-state index contributed by atoms with van der Waals surface area (Å²) in [7, 11) is 0. The Labute approximate surface area is 147 Å². The van der Waals surface area contributed by atoms with Crippen molar-refractivity contribution in [2.24, 2.45) is 0 Å². The third kappa shape index (κ3) is 4.62. The highest BCUT2D eigenvalue weighted by molar-refractivity contribution is 5.87. The monoisotopic (exact) mass is 343 g/mol. The zero-order valence-corrected chi connectivity index (χ0v) is 14.8. The zero-order valence-electron chi connectivity index (χ0n) is 14.8. The van der Waals surface area contributed by atoms with Crippen molar-refractivity contribution in [2.75, 3.05) is 19.7 Å². The van der Waals surface area contributed by atoms with Gasteiger partial charge in [0.05, 0.1) is 12.7 Å². The van der Waals surface area contributed by atoms with E-state index in [4.69, 9.17) is 9.15 Å². The number of benzene rings is 1. The molecule has 0 unspecified atom stereocenters. The van der Waals surface area contributed by atoms with Gasteiger partial charge in [-0.3, -0.25) is 9.59 Å². The summed E-state index contributed by atoms with van der Waals surface area (Å²) in [5, 5.41) is 0.914. The van der Waals surface area contributed by atoms with Crippen molar-refractivity contribution in [3.63, 3.8) is 0 Å². The van der Waals surface area contributed by atoms with Gasteiger partial charge in [0.2, 0.25) is 0 Å². The smallest absolute Gasteiger partial charge is 0.310 e. The molecule has 5 heteroatoms. The summed E-state index contributed by atoms with van der Waals surface area (Å²) >= 11 is 0. The second kappa shape index (κ2) is 8.19. The Morgan fingerprint density at radius 2 is 1.84 bits per heavy atom. The van der Waals surface area contributed by atoms with Crippen LogP contribution in [-0.2, 0) is 20.7 Å². The molecule has 0 atom stereocenters. The molecule has 1 aliphatic heterocycles. The lowest BCUT2D eigenvalue weighted by Gasteiger charge is -2.24. The van der Waals surface area contributed by atoms with Gasteiger partial charge in [-0.15, -0.1) is 0 Å². The van der Waals surface area contributed by atoms with E-state index in [0.29, 0.717) is 0 Å². The number of amides is 1. The molecule has 1 aliphatic rings. The Kier molecular flexibility index (Phi) is 5.74. The van der Waals surface area contributed by atoms with Gasteiger partial charge in [-0.2, -0.15) is 0 Å². The highest BCUT2D eigenvalue weighted by atomic mass is 16.5. The summed E-state index contributed by atoms with van der Waals surface area (Å²) < 4.78 is 10.7. The summed E-state index contributed by atoms with van der Waals surface area (Å²) in [6.45, 7) is 3.35. The van der Waals surface area contributed by atoms with Crippen molar-refractivity contribution in [2.45, 2.75) is 45.4 Å². The number of likely N-dealkylation sites (tertiary alicyclic amines) is 1. The predicted molar refractivity (Wildman–Crippen MR) is 95.3 cm³/mol. The number of fused-ring (bicyclic) bond motifs is 1. The molecular formula is C20H25NO4. The number of aryl methyl sites for hydroxylation is 1. The highest BCUT2D eigenvalue weighted by Crippen LogP contribution is 2.23. The second-order valence-corrected chi connectivity index (χ2v) is 6.75. The van der Waals surface area contributed by atoms with Crippen LogP contribution in [0.25, 0.3) is 11.0 Å². The molecule has 25 heavy (non-hydrogen) atoms. The van der Waals surface area contributed by atoms with Crippen molar-refractivity contribution in [1.29, 1.82) is 0 Å². The van der Waals surface area contributed by atoms with Crippen LogP contribution in [0, 0.1) is 6.92 Å². The van der Waals surface area contributed by atoms with E-state index < -0.39 is 5.97 Å². The third-order valence-corrected chi connectivity index (χ3v) is 4.71. The van der Waals surface area contributed by atoms with Gasteiger partial charge < -0.3 is 14.1 Å². The normalized spacial score (nSPS) is 15.6. The minimum Gasteiger partial charge on any atom is -0.464 e. The average Bonchev–Trinajstić information content (AvgIpc) is 2.94. The van der Waals surface area contributed by atoms with Crippen LogP contribution >= 0.6 is 0 Å². The summed E-state index contributed by atoms with van der Waals surface area (Å²) in [5.41, 5.74) is 2.66. The lowest BCUT2D eigenvalue weighted by atomic mass is 10.1. The fourth-order valence-corrected chi connectivity index (χ4v) is 3.26. The highest BCUT2D eigenvalue weighted by Gasteiger charge is 2.17. The van der Waals surface area contributed by atoms with E-state index >= 15 is 0 Å². The van der Waals surface area contributed by atoms with Gasteiger partial charge in [0.1, 0.15) is 5.58 Å². The molecule has 0 spiro atoms. The molecular weight excluding hydrogens is 318 g/mol. The van der Waals surface area contributed by atoms with Crippen LogP contribution in [0.2, 0.25) is 0 Å². The van der Waals surface area contributed by atoms with E-state index in [1.807, 2.05) is 30.0 Å². The molecule has 5 nitrogen and oxygen atoms in total. The molecule has 0 bridgehead atoms. The fraction of sp³-hybridized carbons (Fsp3) is 0.500. The van der Waals surface area contributed by atoms with Crippen molar-refractivity contribution in [1.82, 2.24) is 4.90 Å². The first-order valence-corrected chi connectivity index (χ1v) is 9.03. The van der Waals surface area contributed by atoms with Crippen LogP contribution in [0.15, 0.2) is 28.9 Å². The van der Waals surface area contributed by atoms with Crippen molar-refractivity contribution in [3.05, 3.63) is 35.6 Å². The van der Waals surface area contributed by atoms with Crippen LogP contribution in [0.1, 0.15) is 43.2 Å². The SMILES string of the molecule is Cc1ccc2c(CC(=O)OCC(=O)N3CCCCCCC3)coc2c1. The van der Waals surface area contributed by atoms with Gasteiger partial charge in [0.15, 0.2) is 6.61 Å². The number of esters is 1. The van der Waals surface area contributed by atoms with Crippen molar-refractivity contribution < 1.29 is 18.7 Å². The van der Waals surface area contributed by atoms with Gasteiger partial charge in [0, 0.05) is 24.0 Å². The molecule has 3 rings (SSSR count). The van der Waals surface area contributed by atoms with Crippen LogP contribution in [0.4, 0.5) is 0 Å². The first-order chi connectivity index (χ1) is 12.1. The van der Waals surface area contributed by atoms with Gasteiger partial charge in [-0.05, 0) is 31.4 Å². The number of hydrogen-bond donors (Lipinski definition) is 0. The third-order valence-electron chi connectivity index (χ3n) is 4.71. The molecule has 2 heterocycles. The number of carbonyl (C=O) groups excluding carboxylic acids is 2. The minimum atomic E-state index is -0.399. The molecule has 0 aliphatic carbocycles. The zero-order chi connectivity index (χ0) is 17.6. The molecule has 1 saturated heterocycles. The Morgan fingerprint density at radius 3 is 2.60 bits per heavy atom. The molecule has 1 fully saturated rings. The van der Waals surface area contributed by atoms with Crippen LogP contribution < -0.4 is 0 Å². The molecule has 2 aromatic rings. The number of furan rings is 1. The lowest BCUT2D eigenvalue weighted by molar-refractivity contribution is -0.151. The summed E-state index contributed by atoms with van der Waals surface area (Å²) in [6.07, 6.45) is 7.33. The lowest BCUT2D eigenvalue weighted by Crippen LogP contribution is -2.37. The van der Waals surface area contributed by atoms with E-state index in [0.717, 1.165) is 60.9 Å². The first kappa shape index (κ1) is 17.5. The topological polar surface area (TPSA) is 59.8 Å². The van der Waals surface area contributed by atoms with E-state index in [-0.39, 0.29) is 18.9 Å². The molecule has 1 aromatic carbocycles. The molecule has 0 saturated carbocycles. The number of nitrogens with zero attached hydrogens (tertiary/aromatic N) is 1. The van der Waals surface area contributed by atoms with Crippen molar-refractivity contribution in [3.8, 4) is 0 Å². The number of rotatable bonds is 4. The van der Waals surface area contributed by atoms with Gasteiger partial charge in [0.25, 0.3) is 5.91 Å². The maximum absolute atomic E-state index is 12.3. The first-order valence-electron chi connectivity index (χ1n) is 9.03. The van der Waals surface area contributed by atoms with Gasteiger partial charge in [-0.1, -0.05) is 31.4 Å². The Hall–Kier alpha value is -2.30. The largest absolute Gasteiger partial charge is 0.464 e. The maximum atomic E-state index is 12.3. The number of hydrogen-bond acceptors (Lipinski definition) is 4.